The highest BCUT2D eigenvalue weighted by Gasteiger charge is 2.34. The Morgan fingerprint density at radius 2 is 2.10 bits per heavy atom. The molecule has 1 saturated heterocycles. The van der Waals surface area contributed by atoms with E-state index in [0.717, 1.165) is 6.54 Å². The molecule has 0 aromatic heterocycles. The summed E-state index contributed by atoms with van der Waals surface area (Å²) >= 11 is 0. The van der Waals surface area contributed by atoms with Crippen LogP contribution >= 0.6 is 0 Å². The number of nitrogens with one attached hydrogen (secondary N) is 1. The van der Waals surface area contributed by atoms with Crippen molar-refractivity contribution in [1.82, 2.24) is 9.62 Å². The number of carbonyl (C=O) groups is 1. The van der Waals surface area contributed by atoms with Crippen molar-refractivity contribution in [2.45, 2.75) is 17.4 Å². The second-order valence-corrected chi connectivity index (χ2v) is 6.73. The maximum Gasteiger partial charge on any atom is 0.243 e. The van der Waals surface area contributed by atoms with E-state index in [4.69, 9.17) is 10.5 Å². The molecule has 1 amide bonds. The molecular weight excluding hydrogens is 294 g/mol. The zero-order valence-electron chi connectivity index (χ0n) is 11.8. The third-order valence-corrected chi connectivity index (χ3v) is 5.33. The van der Waals surface area contributed by atoms with Crippen molar-refractivity contribution in [2.24, 2.45) is 5.73 Å². The predicted molar refractivity (Wildman–Crippen MR) is 77.4 cm³/mol. The maximum absolute atomic E-state index is 12.7. The van der Waals surface area contributed by atoms with E-state index < -0.39 is 15.9 Å². The van der Waals surface area contributed by atoms with Gasteiger partial charge in [-0.3, -0.25) is 4.79 Å². The van der Waals surface area contributed by atoms with Crippen molar-refractivity contribution in [1.29, 1.82) is 0 Å². The quantitative estimate of drug-likeness (QED) is 0.739. The Bertz CT molecular complexity index is 594. The van der Waals surface area contributed by atoms with Gasteiger partial charge in [0.2, 0.25) is 15.9 Å². The molecule has 3 N–H and O–H groups in total. The van der Waals surface area contributed by atoms with Crippen LogP contribution in [0.1, 0.15) is 6.42 Å². The lowest BCUT2D eigenvalue weighted by Gasteiger charge is -2.26. The summed E-state index contributed by atoms with van der Waals surface area (Å²) in [6, 6.07) is 5.81. The molecule has 2 rings (SSSR count). The molecule has 1 unspecified atom stereocenters. The lowest BCUT2D eigenvalue weighted by Crippen LogP contribution is -2.46. The highest BCUT2D eigenvalue weighted by Crippen LogP contribution is 2.22. The van der Waals surface area contributed by atoms with E-state index in [9.17, 15) is 13.2 Å². The number of nitrogens with two attached hydrogens (primary N) is 1. The predicted octanol–water partition coefficient (Wildman–Crippen LogP) is -0.467. The van der Waals surface area contributed by atoms with Crippen LogP contribution in [0.4, 0.5) is 0 Å². The Morgan fingerprint density at radius 3 is 2.57 bits per heavy atom. The minimum Gasteiger partial charge on any atom is -0.497 e. The molecule has 1 aliphatic heterocycles. The van der Waals surface area contributed by atoms with Gasteiger partial charge < -0.3 is 15.8 Å². The molecule has 0 aliphatic carbocycles. The summed E-state index contributed by atoms with van der Waals surface area (Å²) in [6.45, 7) is 0.918. The van der Waals surface area contributed by atoms with Crippen LogP contribution in [0.5, 0.6) is 5.75 Å². The van der Waals surface area contributed by atoms with Crippen molar-refractivity contribution in [3.63, 3.8) is 0 Å². The first-order valence-electron chi connectivity index (χ1n) is 6.60. The standard InChI is InChI=1S/C13H19N3O4S/c1-20-11-2-4-12(5-3-11)21(18,19)16(9-13(14)17)10-6-7-15-8-10/h2-5,10,15H,6-9H2,1H3,(H2,14,17). The molecule has 0 bridgehead atoms. The van der Waals surface area contributed by atoms with E-state index in [-0.39, 0.29) is 17.5 Å². The number of benzene rings is 1. The summed E-state index contributed by atoms with van der Waals surface area (Å²) in [5.74, 6) is -0.100. The molecule has 1 atom stereocenters. The molecule has 1 heterocycles. The number of primary amides is 1. The average Bonchev–Trinajstić information content (AvgIpc) is 2.98. The zero-order valence-corrected chi connectivity index (χ0v) is 12.6. The topological polar surface area (TPSA) is 102 Å². The molecule has 1 aromatic rings. The Morgan fingerprint density at radius 1 is 1.43 bits per heavy atom. The minimum atomic E-state index is -3.77. The van der Waals surface area contributed by atoms with Gasteiger partial charge in [-0.25, -0.2) is 8.42 Å². The third-order valence-electron chi connectivity index (χ3n) is 3.42. The minimum absolute atomic E-state index is 0.122. The van der Waals surface area contributed by atoms with E-state index in [1.165, 1.54) is 23.5 Å². The highest BCUT2D eigenvalue weighted by molar-refractivity contribution is 7.89. The largest absolute Gasteiger partial charge is 0.497 e. The number of nitrogens with zero attached hydrogens (tertiary/aromatic N) is 1. The molecule has 8 heteroatoms. The number of methoxy groups -OCH3 is 1. The van der Waals surface area contributed by atoms with Gasteiger partial charge in [-0.05, 0) is 37.2 Å². The third kappa shape index (κ3) is 3.52. The van der Waals surface area contributed by atoms with Gasteiger partial charge in [0.1, 0.15) is 5.75 Å². The molecule has 1 aliphatic rings. The van der Waals surface area contributed by atoms with Crippen LogP contribution in [0, 0.1) is 0 Å². The van der Waals surface area contributed by atoms with Crippen LogP contribution < -0.4 is 15.8 Å². The van der Waals surface area contributed by atoms with Crippen LogP contribution in [0.15, 0.2) is 29.2 Å². The molecule has 7 nitrogen and oxygen atoms in total. The van der Waals surface area contributed by atoms with E-state index in [0.29, 0.717) is 18.7 Å². The maximum atomic E-state index is 12.7. The van der Waals surface area contributed by atoms with Gasteiger partial charge in [0.05, 0.1) is 18.6 Å². The van der Waals surface area contributed by atoms with Crippen molar-refractivity contribution in [3.05, 3.63) is 24.3 Å². The first kappa shape index (κ1) is 15.7. The second-order valence-electron chi connectivity index (χ2n) is 4.84. The summed E-state index contributed by atoms with van der Waals surface area (Å²) in [4.78, 5) is 11.3. The van der Waals surface area contributed by atoms with Crippen molar-refractivity contribution in [2.75, 3.05) is 26.7 Å². The normalized spacial score (nSPS) is 18.9. The van der Waals surface area contributed by atoms with Crippen molar-refractivity contribution >= 4 is 15.9 Å². The van der Waals surface area contributed by atoms with Crippen molar-refractivity contribution in [3.8, 4) is 5.75 Å². The average molecular weight is 313 g/mol. The number of ether oxygens (including phenoxy) is 1. The monoisotopic (exact) mass is 313 g/mol. The number of sulfonamides is 1. The molecule has 1 fully saturated rings. The van der Waals surface area contributed by atoms with Crippen LogP contribution in [0.2, 0.25) is 0 Å². The number of amides is 1. The first-order chi connectivity index (χ1) is 9.95. The van der Waals surface area contributed by atoms with Gasteiger partial charge in [0.25, 0.3) is 0 Å². The van der Waals surface area contributed by atoms with Gasteiger partial charge in [-0.1, -0.05) is 0 Å². The van der Waals surface area contributed by atoms with E-state index in [1.54, 1.807) is 12.1 Å². The lowest BCUT2D eigenvalue weighted by molar-refractivity contribution is -0.118. The fraction of sp³-hybridized carbons (Fsp3) is 0.462. The number of hydrogen-bond donors (Lipinski definition) is 2. The molecule has 116 valence electrons. The molecule has 0 radical (unpaired) electrons. The van der Waals surface area contributed by atoms with Gasteiger partial charge >= 0.3 is 0 Å². The van der Waals surface area contributed by atoms with Crippen LogP contribution in [-0.4, -0.2) is 51.4 Å². The Labute approximate surface area is 124 Å². The fourth-order valence-electron chi connectivity index (χ4n) is 2.33. The Hall–Kier alpha value is -1.64. The van der Waals surface area contributed by atoms with Gasteiger partial charge in [0, 0.05) is 12.6 Å². The highest BCUT2D eigenvalue weighted by atomic mass is 32.2. The zero-order chi connectivity index (χ0) is 15.5. The van der Waals surface area contributed by atoms with Gasteiger partial charge in [0.15, 0.2) is 0 Å². The molecule has 0 spiro atoms. The summed E-state index contributed by atoms with van der Waals surface area (Å²) in [5.41, 5.74) is 5.20. The fourth-order valence-corrected chi connectivity index (χ4v) is 3.95. The molecule has 1 aromatic carbocycles. The SMILES string of the molecule is COc1ccc(S(=O)(=O)N(CC(N)=O)C2CCNC2)cc1. The van der Waals surface area contributed by atoms with E-state index >= 15 is 0 Å². The van der Waals surface area contributed by atoms with Crippen molar-refractivity contribution < 1.29 is 17.9 Å². The van der Waals surface area contributed by atoms with E-state index in [2.05, 4.69) is 5.32 Å². The van der Waals surface area contributed by atoms with Crippen LogP contribution in [-0.2, 0) is 14.8 Å². The van der Waals surface area contributed by atoms with Crippen LogP contribution in [0.3, 0.4) is 0 Å². The summed E-state index contributed by atoms with van der Waals surface area (Å²) in [6.07, 6.45) is 0.655. The summed E-state index contributed by atoms with van der Waals surface area (Å²) in [7, 11) is -2.26. The Balaban J connectivity index is 2.32. The summed E-state index contributed by atoms with van der Waals surface area (Å²) in [5, 5.41) is 3.09. The van der Waals surface area contributed by atoms with E-state index in [1.807, 2.05) is 0 Å². The summed E-state index contributed by atoms with van der Waals surface area (Å²) < 4.78 is 31.6. The smallest absolute Gasteiger partial charge is 0.243 e. The molecular formula is C13H19N3O4S. The molecule has 0 saturated carbocycles. The Kier molecular flexibility index (Phi) is 4.81. The number of rotatable bonds is 6. The lowest BCUT2D eigenvalue weighted by atomic mass is 10.2. The van der Waals surface area contributed by atoms with Gasteiger partial charge in [-0.2, -0.15) is 4.31 Å². The molecule has 21 heavy (non-hydrogen) atoms. The number of carbonyl (C=O) groups excluding carboxylic acids is 1. The first-order valence-corrected chi connectivity index (χ1v) is 8.04. The van der Waals surface area contributed by atoms with Crippen LogP contribution in [0.25, 0.3) is 0 Å². The number of hydrogen-bond acceptors (Lipinski definition) is 5. The van der Waals surface area contributed by atoms with Gasteiger partial charge in [-0.15, -0.1) is 0 Å². The second kappa shape index (κ2) is 6.42.